The Bertz CT molecular complexity index is 1250. The molecule has 0 aliphatic carbocycles. The van der Waals surface area contributed by atoms with Gasteiger partial charge in [0.25, 0.3) is 0 Å². The lowest BCUT2D eigenvalue weighted by atomic mass is 9.85. The van der Waals surface area contributed by atoms with Gasteiger partial charge in [-0.05, 0) is 65.9 Å². The topological polar surface area (TPSA) is 81.7 Å². The van der Waals surface area contributed by atoms with E-state index in [1.54, 1.807) is 35.5 Å². The number of esters is 1. The van der Waals surface area contributed by atoms with Crippen LogP contribution in [-0.4, -0.2) is 48.1 Å². The first-order valence-corrected chi connectivity index (χ1v) is 12.4. The summed E-state index contributed by atoms with van der Waals surface area (Å²) in [5, 5.41) is 0. The Morgan fingerprint density at radius 2 is 1.11 bits per heavy atom. The highest BCUT2D eigenvalue weighted by molar-refractivity contribution is 5.75. The molecule has 1 fully saturated rings. The molecule has 2 atom stereocenters. The van der Waals surface area contributed by atoms with Gasteiger partial charge in [-0.1, -0.05) is 18.2 Å². The fourth-order valence-corrected chi connectivity index (χ4v) is 4.71. The van der Waals surface area contributed by atoms with Crippen molar-refractivity contribution >= 4 is 5.97 Å². The number of hydrogen-bond acceptors (Lipinski definition) is 8. The van der Waals surface area contributed by atoms with Crippen molar-refractivity contribution < 1.29 is 38.0 Å². The average Bonchev–Trinajstić information content (AvgIpc) is 3.29. The number of benzene rings is 3. The maximum absolute atomic E-state index is 12.6. The summed E-state index contributed by atoms with van der Waals surface area (Å²) in [6.07, 6.45) is 1.24. The van der Waals surface area contributed by atoms with Gasteiger partial charge in [0, 0.05) is 5.92 Å². The molecule has 0 unspecified atom stereocenters. The second-order valence-electron chi connectivity index (χ2n) is 9.06. The first-order chi connectivity index (χ1) is 18.5. The lowest BCUT2D eigenvalue weighted by molar-refractivity contribution is -0.141. The van der Waals surface area contributed by atoms with E-state index in [1.807, 2.05) is 54.6 Å². The third kappa shape index (κ3) is 6.07. The van der Waals surface area contributed by atoms with Gasteiger partial charge in [-0.15, -0.1) is 0 Å². The molecule has 8 heteroatoms. The van der Waals surface area contributed by atoms with E-state index in [4.69, 9.17) is 33.2 Å². The van der Waals surface area contributed by atoms with Crippen molar-refractivity contribution in [3.05, 3.63) is 71.3 Å². The highest BCUT2D eigenvalue weighted by Gasteiger charge is 2.37. The molecule has 0 amide bonds. The summed E-state index contributed by atoms with van der Waals surface area (Å²) in [7, 11) is 8.03. The van der Waals surface area contributed by atoms with E-state index in [2.05, 4.69) is 0 Å². The highest BCUT2D eigenvalue weighted by atomic mass is 16.5. The van der Waals surface area contributed by atoms with Crippen molar-refractivity contribution in [1.29, 1.82) is 0 Å². The molecule has 1 saturated heterocycles. The largest absolute Gasteiger partial charge is 0.493 e. The summed E-state index contributed by atoms with van der Waals surface area (Å²) >= 11 is 0. The van der Waals surface area contributed by atoms with Crippen molar-refractivity contribution in [2.75, 3.05) is 42.2 Å². The maximum Gasteiger partial charge on any atom is 0.309 e. The van der Waals surface area contributed by atoms with Crippen LogP contribution in [0.1, 0.15) is 16.7 Å². The summed E-state index contributed by atoms with van der Waals surface area (Å²) in [6.45, 7) is 0.722. The smallest absolute Gasteiger partial charge is 0.309 e. The second kappa shape index (κ2) is 12.4. The molecular formula is C30H34O8. The van der Waals surface area contributed by atoms with Crippen LogP contribution in [0.2, 0.25) is 0 Å². The Kier molecular flexibility index (Phi) is 8.84. The molecule has 1 aliphatic rings. The molecule has 1 aliphatic heterocycles. The van der Waals surface area contributed by atoms with Crippen LogP contribution in [0.15, 0.2) is 54.6 Å². The van der Waals surface area contributed by atoms with E-state index in [0.717, 1.165) is 16.7 Å². The van der Waals surface area contributed by atoms with Gasteiger partial charge >= 0.3 is 5.97 Å². The Balaban J connectivity index is 1.44. The van der Waals surface area contributed by atoms with Crippen molar-refractivity contribution in [2.24, 2.45) is 11.8 Å². The molecule has 0 bridgehead atoms. The minimum Gasteiger partial charge on any atom is -0.493 e. The van der Waals surface area contributed by atoms with Crippen molar-refractivity contribution in [1.82, 2.24) is 0 Å². The lowest BCUT2D eigenvalue weighted by Gasteiger charge is -2.18. The Labute approximate surface area is 223 Å². The Morgan fingerprint density at radius 3 is 1.68 bits per heavy atom. The summed E-state index contributed by atoms with van der Waals surface area (Å²) in [4.78, 5) is 12.6. The standard InChI is InChI=1S/C30H34O8/c1-32-24-9-6-19(14-27(24)34-3)12-22-18-38-30(31)23(22)13-20-7-11-26(29(15-20)36-5)37-17-21-8-10-25(33-2)28(16-21)35-4/h6-11,14-16,22-23H,12-13,17-18H2,1-5H3/t22-,23+/m0/s1. The van der Waals surface area contributed by atoms with Gasteiger partial charge in [0.2, 0.25) is 0 Å². The fourth-order valence-electron chi connectivity index (χ4n) is 4.71. The molecule has 4 rings (SSSR count). The number of hydrogen-bond donors (Lipinski definition) is 0. The van der Waals surface area contributed by atoms with E-state index in [-0.39, 0.29) is 17.8 Å². The number of methoxy groups -OCH3 is 5. The highest BCUT2D eigenvalue weighted by Crippen LogP contribution is 2.35. The quantitative estimate of drug-likeness (QED) is 0.311. The number of carbonyl (C=O) groups excluding carboxylic acids is 1. The van der Waals surface area contributed by atoms with E-state index in [1.165, 1.54) is 0 Å². The van der Waals surface area contributed by atoms with E-state index in [0.29, 0.717) is 60.6 Å². The van der Waals surface area contributed by atoms with Gasteiger partial charge in [0.1, 0.15) is 6.61 Å². The van der Waals surface area contributed by atoms with Gasteiger partial charge in [-0.25, -0.2) is 0 Å². The zero-order chi connectivity index (χ0) is 27.1. The summed E-state index contributed by atoms with van der Waals surface area (Å²) < 4.78 is 38.5. The van der Waals surface area contributed by atoms with Crippen LogP contribution in [0.4, 0.5) is 0 Å². The molecule has 8 nitrogen and oxygen atoms in total. The molecule has 202 valence electrons. The fraction of sp³-hybridized carbons (Fsp3) is 0.367. The van der Waals surface area contributed by atoms with Crippen molar-refractivity contribution in [3.8, 4) is 34.5 Å². The average molecular weight is 523 g/mol. The lowest BCUT2D eigenvalue weighted by Crippen LogP contribution is -2.20. The number of cyclic esters (lactones) is 1. The third-order valence-electron chi connectivity index (χ3n) is 6.78. The van der Waals surface area contributed by atoms with Crippen LogP contribution in [0.5, 0.6) is 34.5 Å². The van der Waals surface area contributed by atoms with Crippen LogP contribution < -0.4 is 28.4 Å². The van der Waals surface area contributed by atoms with E-state index in [9.17, 15) is 4.79 Å². The molecule has 0 N–H and O–H groups in total. The minimum absolute atomic E-state index is 0.0487. The SMILES string of the molecule is COc1ccc(COc2ccc(C[C@H]3C(=O)OC[C@@H]3Cc3ccc(OC)c(OC)c3)cc2OC)cc1OC. The first kappa shape index (κ1) is 27.0. The van der Waals surface area contributed by atoms with Gasteiger partial charge < -0.3 is 33.2 Å². The normalized spacial score (nSPS) is 16.5. The number of ether oxygens (including phenoxy) is 7. The third-order valence-corrected chi connectivity index (χ3v) is 6.78. The van der Waals surface area contributed by atoms with Crippen LogP contribution in [0.25, 0.3) is 0 Å². The number of carbonyl (C=O) groups is 1. The summed E-state index contributed by atoms with van der Waals surface area (Å²) in [5.41, 5.74) is 2.97. The molecule has 3 aromatic carbocycles. The van der Waals surface area contributed by atoms with Gasteiger partial charge in [0.05, 0.1) is 48.1 Å². The van der Waals surface area contributed by atoms with Gasteiger partial charge in [-0.2, -0.15) is 0 Å². The molecule has 1 heterocycles. The molecule has 3 aromatic rings. The molecule has 0 saturated carbocycles. The summed E-state index contributed by atoms with van der Waals surface area (Å²) in [6, 6.07) is 17.2. The zero-order valence-corrected chi connectivity index (χ0v) is 22.4. The zero-order valence-electron chi connectivity index (χ0n) is 22.4. The molecule has 0 radical (unpaired) electrons. The predicted octanol–water partition coefficient (Wildman–Crippen LogP) is 4.88. The Hall–Kier alpha value is -4.07. The second-order valence-corrected chi connectivity index (χ2v) is 9.06. The van der Waals surface area contributed by atoms with Gasteiger partial charge in [0.15, 0.2) is 34.5 Å². The van der Waals surface area contributed by atoms with Crippen LogP contribution >= 0.6 is 0 Å². The Morgan fingerprint density at radius 1 is 0.632 bits per heavy atom. The molecular weight excluding hydrogens is 488 g/mol. The monoisotopic (exact) mass is 522 g/mol. The predicted molar refractivity (Wildman–Crippen MR) is 142 cm³/mol. The van der Waals surface area contributed by atoms with E-state index < -0.39 is 0 Å². The number of rotatable bonds is 12. The maximum atomic E-state index is 12.6. The van der Waals surface area contributed by atoms with Crippen molar-refractivity contribution in [2.45, 2.75) is 19.4 Å². The van der Waals surface area contributed by atoms with Crippen LogP contribution in [-0.2, 0) is 29.0 Å². The minimum atomic E-state index is -0.258. The molecule has 0 aromatic heterocycles. The molecule has 0 spiro atoms. The first-order valence-electron chi connectivity index (χ1n) is 12.4. The molecule has 38 heavy (non-hydrogen) atoms. The van der Waals surface area contributed by atoms with Crippen LogP contribution in [0, 0.1) is 11.8 Å². The van der Waals surface area contributed by atoms with Crippen LogP contribution in [0.3, 0.4) is 0 Å². The van der Waals surface area contributed by atoms with Crippen molar-refractivity contribution in [3.63, 3.8) is 0 Å². The van der Waals surface area contributed by atoms with Gasteiger partial charge in [-0.3, -0.25) is 4.79 Å². The van der Waals surface area contributed by atoms with E-state index >= 15 is 0 Å². The summed E-state index contributed by atoms with van der Waals surface area (Å²) in [5.74, 6) is 3.47.